The molecule has 0 fully saturated rings. The van der Waals surface area contributed by atoms with Crippen LogP contribution in [0, 0.1) is 0 Å². The normalized spacial score (nSPS) is 18.2. The van der Waals surface area contributed by atoms with Gasteiger partial charge in [-0.1, -0.05) is 17.7 Å². The first-order valence-electron chi connectivity index (χ1n) is 9.68. The largest absolute Gasteiger partial charge is 0.489 e. The highest BCUT2D eigenvalue weighted by atomic mass is 35.5. The van der Waals surface area contributed by atoms with Gasteiger partial charge in [0.1, 0.15) is 0 Å². The average molecular weight is 446 g/mol. The smallest absolute Gasteiger partial charge is 0.227 e. The summed E-state index contributed by atoms with van der Waals surface area (Å²) in [6, 6.07) is 10.0. The highest BCUT2D eigenvalue weighted by Crippen LogP contribution is 2.41. The molecule has 0 aliphatic carbocycles. The van der Waals surface area contributed by atoms with Crippen LogP contribution in [0.4, 0.5) is 0 Å². The summed E-state index contributed by atoms with van der Waals surface area (Å²) < 4.78 is 11.5. The van der Waals surface area contributed by atoms with Gasteiger partial charge in [-0.25, -0.2) is 0 Å². The van der Waals surface area contributed by atoms with Crippen molar-refractivity contribution >= 4 is 40.2 Å². The van der Waals surface area contributed by atoms with Crippen molar-refractivity contribution in [1.29, 1.82) is 0 Å². The molecule has 0 N–H and O–H groups in total. The molecule has 7 heteroatoms. The Morgan fingerprint density at radius 3 is 2.93 bits per heavy atom. The van der Waals surface area contributed by atoms with Crippen LogP contribution in [0.25, 0.3) is 0 Å². The van der Waals surface area contributed by atoms with E-state index < -0.39 is 0 Å². The van der Waals surface area contributed by atoms with Crippen molar-refractivity contribution < 1.29 is 14.3 Å². The number of ether oxygens (including phenoxy) is 2. The van der Waals surface area contributed by atoms with Gasteiger partial charge >= 0.3 is 0 Å². The molecular formula is C22H20ClNO3S2. The molecule has 0 spiro atoms. The van der Waals surface area contributed by atoms with Crippen LogP contribution in [-0.4, -0.2) is 30.6 Å². The fourth-order valence-electron chi connectivity index (χ4n) is 4.00. The zero-order chi connectivity index (χ0) is 19.8. The van der Waals surface area contributed by atoms with Crippen LogP contribution in [0.2, 0.25) is 5.02 Å². The predicted octanol–water partition coefficient (Wildman–Crippen LogP) is 5.34. The minimum atomic E-state index is -0.00613. The zero-order valence-electron chi connectivity index (χ0n) is 15.7. The molecular weight excluding hydrogens is 426 g/mol. The monoisotopic (exact) mass is 445 g/mol. The van der Waals surface area contributed by atoms with Crippen molar-refractivity contribution in [2.45, 2.75) is 25.3 Å². The van der Waals surface area contributed by atoms with E-state index in [2.05, 4.69) is 22.9 Å². The summed E-state index contributed by atoms with van der Waals surface area (Å²) in [7, 11) is 0. The van der Waals surface area contributed by atoms with Gasteiger partial charge in [0.05, 0.1) is 30.7 Å². The summed E-state index contributed by atoms with van der Waals surface area (Å²) in [6.07, 6.45) is 2.01. The number of amides is 1. The first kappa shape index (κ1) is 19.0. The van der Waals surface area contributed by atoms with Gasteiger partial charge in [-0.15, -0.1) is 22.7 Å². The Morgan fingerprint density at radius 1 is 1.17 bits per heavy atom. The Hall–Kier alpha value is -2.02. The minimum absolute atomic E-state index is 0.00613. The summed E-state index contributed by atoms with van der Waals surface area (Å²) in [4.78, 5) is 18.0. The third-order valence-electron chi connectivity index (χ3n) is 5.32. The molecule has 150 valence electrons. The van der Waals surface area contributed by atoms with Crippen LogP contribution in [0.3, 0.4) is 0 Å². The first-order valence-corrected chi connectivity index (χ1v) is 11.8. The van der Waals surface area contributed by atoms with Gasteiger partial charge in [0.15, 0.2) is 11.5 Å². The Kier molecular flexibility index (Phi) is 5.24. The Morgan fingerprint density at radius 2 is 2.07 bits per heavy atom. The van der Waals surface area contributed by atoms with Crippen molar-refractivity contribution in [3.05, 3.63) is 67.0 Å². The van der Waals surface area contributed by atoms with Crippen LogP contribution in [-0.2, 0) is 17.6 Å². The van der Waals surface area contributed by atoms with Gasteiger partial charge in [-0.05, 0) is 52.6 Å². The van der Waals surface area contributed by atoms with Gasteiger partial charge in [-0.2, -0.15) is 0 Å². The molecule has 1 atom stereocenters. The first-order chi connectivity index (χ1) is 14.2. The number of halogens is 1. The van der Waals surface area contributed by atoms with Gasteiger partial charge in [0, 0.05) is 22.7 Å². The SMILES string of the molecule is O=C(Cc1cc(Cl)c2c(c1)OCCCO2)N1CCc2sccc2C1c1cccs1. The van der Waals surface area contributed by atoms with Crippen molar-refractivity contribution in [2.75, 3.05) is 19.8 Å². The predicted molar refractivity (Wildman–Crippen MR) is 117 cm³/mol. The number of fused-ring (bicyclic) bond motifs is 2. The van der Waals surface area contributed by atoms with E-state index in [9.17, 15) is 4.79 Å². The molecule has 4 nitrogen and oxygen atoms in total. The summed E-state index contributed by atoms with van der Waals surface area (Å²) in [5.74, 6) is 1.31. The van der Waals surface area contributed by atoms with E-state index in [1.807, 2.05) is 23.1 Å². The molecule has 1 amide bonds. The van der Waals surface area contributed by atoms with Crippen LogP contribution in [0.1, 0.15) is 33.3 Å². The number of thiophene rings is 2. The van der Waals surface area contributed by atoms with Crippen LogP contribution >= 0.6 is 34.3 Å². The lowest BCUT2D eigenvalue weighted by Crippen LogP contribution is -2.40. The van der Waals surface area contributed by atoms with E-state index in [1.165, 1.54) is 15.3 Å². The number of benzene rings is 1. The third kappa shape index (κ3) is 3.65. The maximum atomic E-state index is 13.4. The quantitative estimate of drug-likeness (QED) is 0.546. The van der Waals surface area contributed by atoms with Crippen LogP contribution in [0.5, 0.6) is 11.5 Å². The van der Waals surface area contributed by atoms with E-state index in [-0.39, 0.29) is 18.4 Å². The lowest BCUT2D eigenvalue weighted by Gasteiger charge is -2.35. The van der Waals surface area contributed by atoms with E-state index in [4.69, 9.17) is 21.1 Å². The molecule has 0 bridgehead atoms. The highest BCUT2D eigenvalue weighted by Gasteiger charge is 2.33. The Bertz CT molecular complexity index is 1030. The standard InChI is InChI=1S/C22H20ClNO3S2/c23-16-11-14(12-17-22(16)27-8-2-7-26-17)13-20(25)24-6-4-18-15(5-10-29-18)21(24)19-3-1-9-28-19/h1,3,5,9-12,21H,2,4,6-8,13H2. The minimum Gasteiger partial charge on any atom is -0.489 e. The lowest BCUT2D eigenvalue weighted by atomic mass is 9.97. The molecule has 29 heavy (non-hydrogen) atoms. The van der Waals surface area contributed by atoms with E-state index >= 15 is 0 Å². The molecule has 0 saturated heterocycles. The second kappa shape index (κ2) is 8.01. The van der Waals surface area contributed by atoms with Crippen molar-refractivity contribution in [2.24, 2.45) is 0 Å². The number of nitrogens with zero attached hydrogens (tertiary/aromatic N) is 1. The van der Waals surface area contributed by atoms with Gasteiger partial charge in [0.25, 0.3) is 0 Å². The number of hydrogen-bond acceptors (Lipinski definition) is 5. The fraction of sp³-hybridized carbons (Fsp3) is 0.318. The molecule has 5 rings (SSSR count). The fourth-order valence-corrected chi connectivity index (χ4v) is 6.05. The summed E-state index contributed by atoms with van der Waals surface area (Å²) in [5, 5.41) is 4.70. The molecule has 2 aliphatic heterocycles. The number of carbonyl (C=O) groups is 1. The summed E-state index contributed by atoms with van der Waals surface area (Å²) in [5.41, 5.74) is 2.11. The lowest BCUT2D eigenvalue weighted by molar-refractivity contribution is -0.132. The van der Waals surface area contributed by atoms with Gasteiger partial charge in [0.2, 0.25) is 5.91 Å². The molecule has 1 unspecified atom stereocenters. The molecule has 0 radical (unpaired) electrons. The summed E-state index contributed by atoms with van der Waals surface area (Å²) in [6.45, 7) is 1.91. The maximum absolute atomic E-state index is 13.4. The highest BCUT2D eigenvalue weighted by molar-refractivity contribution is 7.10. The van der Waals surface area contributed by atoms with Crippen molar-refractivity contribution in [3.8, 4) is 11.5 Å². The van der Waals surface area contributed by atoms with E-state index in [0.29, 0.717) is 29.7 Å². The van der Waals surface area contributed by atoms with Gasteiger partial charge < -0.3 is 14.4 Å². The van der Waals surface area contributed by atoms with Crippen molar-refractivity contribution in [3.63, 3.8) is 0 Å². The molecule has 0 saturated carbocycles. The zero-order valence-corrected chi connectivity index (χ0v) is 18.1. The van der Waals surface area contributed by atoms with E-state index in [1.54, 1.807) is 22.7 Å². The molecule has 1 aromatic carbocycles. The topological polar surface area (TPSA) is 38.8 Å². The average Bonchev–Trinajstić information content (AvgIpc) is 3.35. The molecule has 2 aliphatic rings. The number of hydrogen-bond donors (Lipinski definition) is 0. The Labute approximate surface area is 182 Å². The summed E-state index contributed by atoms with van der Waals surface area (Å²) >= 11 is 9.91. The van der Waals surface area contributed by atoms with Crippen LogP contribution in [0.15, 0.2) is 41.1 Å². The Balaban J connectivity index is 1.43. The number of rotatable bonds is 3. The van der Waals surface area contributed by atoms with Gasteiger partial charge in [-0.3, -0.25) is 4.79 Å². The third-order valence-corrected chi connectivity index (χ3v) is 7.52. The molecule has 2 aromatic heterocycles. The number of carbonyl (C=O) groups excluding carboxylic acids is 1. The van der Waals surface area contributed by atoms with Crippen LogP contribution < -0.4 is 9.47 Å². The second-order valence-electron chi connectivity index (χ2n) is 7.19. The molecule has 4 heterocycles. The second-order valence-corrected chi connectivity index (χ2v) is 9.57. The van der Waals surface area contributed by atoms with E-state index in [0.717, 1.165) is 24.9 Å². The van der Waals surface area contributed by atoms with Crippen molar-refractivity contribution in [1.82, 2.24) is 4.90 Å². The molecule has 3 aromatic rings. The maximum Gasteiger partial charge on any atom is 0.227 e.